The van der Waals surface area contributed by atoms with Gasteiger partial charge in [0.2, 0.25) is 21.9 Å². The number of hydrogen-bond acceptors (Lipinski definition) is 8. The van der Waals surface area contributed by atoms with Gasteiger partial charge in [0.05, 0.1) is 22.7 Å². The number of aromatic nitrogens is 3. The Bertz CT molecular complexity index is 1500. The SMILES string of the molecule is Cl.O=S(=O)(Cc1ccccc1)Nc1ccc(Oc2ncccc2-c2ccnc(N[C@H]3CCCNC3)n2)cc1F. The summed E-state index contributed by atoms with van der Waals surface area (Å²) < 4.78 is 48.1. The van der Waals surface area contributed by atoms with Crippen LogP contribution in [0.2, 0.25) is 0 Å². The van der Waals surface area contributed by atoms with E-state index in [0.717, 1.165) is 32.0 Å². The van der Waals surface area contributed by atoms with Crippen molar-refractivity contribution < 1.29 is 17.5 Å². The molecule has 0 spiro atoms. The topological polar surface area (TPSA) is 118 Å². The van der Waals surface area contributed by atoms with Gasteiger partial charge in [0.15, 0.2) is 5.82 Å². The van der Waals surface area contributed by atoms with Gasteiger partial charge in [-0.15, -0.1) is 12.4 Å². The highest BCUT2D eigenvalue weighted by molar-refractivity contribution is 7.91. The zero-order valence-electron chi connectivity index (χ0n) is 20.9. The molecule has 0 saturated carbocycles. The Morgan fingerprint density at radius 3 is 2.64 bits per heavy atom. The lowest BCUT2D eigenvalue weighted by molar-refractivity contribution is 0.460. The molecule has 3 N–H and O–H groups in total. The first kappa shape index (κ1) is 28.2. The largest absolute Gasteiger partial charge is 0.438 e. The maximum absolute atomic E-state index is 14.9. The summed E-state index contributed by atoms with van der Waals surface area (Å²) in [6, 6.07) is 18.1. The number of anilines is 2. The highest BCUT2D eigenvalue weighted by Crippen LogP contribution is 2.32. The van der Waals surface area contributed by atoms with E-state index in [4.69, 9.17) is 4.74 Å². The van der Waals surface area contributed by atoms with Gasteiger partial charge in [-0.2, -0.15) is 0 Å². The third-order valence-corrected chi connectivity index (χ3v) is 7.20. The van der Waals surface area contributed by atoms with Crippen molar-refractivity contribution in [2.45, 2.75) is 24.6 Å². The molecule has 1 aliphatic rings. The molecule has 0 radical (unpaired) electrons. The second-order valence-corrected chi connectivity index (χ2v) is 10.6. The van der Waals surface area contributed by atoms with Crippen LogP contribution in [-0.4, -0.2) is 42.5 Å². The Hall–Kier alpha value is -3.80. The van der Waals surface area contributed by atoms with Gasteiger partial charge < -0.3 is 15.4 Å². The van der Waals surface area contributed by atoms with Gasteiger partial charge in [0.1, 0.15) is 5.75 Å². The van der Waals surface area contributed by atoms with Crippen molar-refractivity contribution in [2.75, 3.05) is 23.1 Å². The average Bonchev–Trinajstić information content (AvgIpc) is 2.92. The molecule has 4 aromatic rings. The normalized spacial score (nSPS) is 15.2. The number of hydrogen-bond donors (Lipinski definition) is 3. The Balaban J connectivity index is 0.00000353. The van der Waals surface area contributed by atoms with Crippen LogP contribution in [0.15, 0.2) is 79.1 Å². The van der Waals surface area contributed by atoms with Gasteiger partial charge in [0.25, 0.3) is 0 Å². The highest BCUT2D eigenvalue weighted by Gasteiger charge is 2.18. The van der Waals surface area contributed by atoms with Gasteiger partial charge in [0, 0.05) is 31.0 Å². The molecule has 39 heavy (non-hydrogen) atoms. The molecule has 0 unspecified atom stereocenters. The second-order valence-electron chi connectivity index (χ2n) is 8.90. The van der Waals surface area contributed by atoms with Crippen LogP contribution in [0.25, 0.3) is 11.3 Å². The number of benzene rings is 2. The van der Waals surface area contributed by atoms with Gasteiger partial charge in [-0.05, 0) is 55.3 Å². The molecule has 204 valence electrons. The third kappa shape index (κ3) is 7.62. The van der Waals surface area contributed by atoms with Crippen molar-refractivity contribution in [3.63, 3.8) is 0 Å². The van der Waals surface area contributed by atoms with Gasteiger partial charge in [-0.25, -0.2) is 27.8 Å². The minimum atomic E-state index is -3.81. The number of piperidine rings is 1. The molecule has 1 atom stereocenters. The molecular weight excluding hydrogens is 543 g/mol. The molecular formula is C27H28ClFN6O3S. The summed E-state index contributed by atoms with van der Waals surface area (Å²) in [5.74, 6) is -0.145. The van der Waals surface area contributed by atoms with E-state index in [1.807, 2.05) is 0 Å². The summed E-state index contributed by atoms with van der Waals surface area (Å²) >= 11 is 0. The van der Waals surface area contributed by atoms with Crippen LogP contribution in [0.3, 0.4) is 0 Å². The monoisotopic (exact) mass is 570 g/mol. The third-order valence-electron chi connectivity index (χ3n) is 5.95. The van der Waals surface area contributed by atoms with Crippen LogP contribution in [0, 0.1) is 5.82 Å². The first-order valence-corrected chi connectivity index (χ1v) is 13.9. The smallest absolute Gasteiger partial charge is 0.237 e. The van der Waals surface area contributed by atoms with E-state index in [0.29, 0.717) is 22.8 Å². The molecule has 12 heteroatoms. The molecule has 1 saturated heterocycles. The minimum absolute atomic E-state index is 0. The summed E-state index contributed by atoms with van der Waals surface area (Å²) in [7, 11) is -3.81. The summed E-state index contributed by atoms with van der Waals surface area (Å²) in [6.45, 7) is 1.86. The molecule has 0 aliphatic carbocycles. The number of rotatable bonds is 9. The average molecular weight is 571 g/mol. The fraction of sp³-hybridized carbons (Fsp3) is 0.222. The summed E-state index contributed by atoms with van der Waals surface area (Å²) in [5, 5.41) is 6.71. The van der Waals surface area contributed by atoms with E-state index in [1.54, 1.807) is 60.9 Å². The van der Waals surface area contributed by atoms with E-state index < -0.39 is 15.8 Å². The van der Waals surface area contributed by atoms with E-state index in [-0.39, 0.29) is 41.5 Å². The van der Waals surface area contributed by atoms with Crippen LogP contribution < -0.4 is 20.1 Å². The molecule has 5 rings (SSSR count). The molecule has 3 heterocycles. The van der Waals surface area contributed by atoms with Gasteiger partial charge in [-0.1, -0.05) is 30.3 Å². The Morgan fingerprint density at radius 2 is 1.87 bits per heavy atom. The second kappa shape index (κ2) is 12.8. The standard InChI is InChI=1S/C27H27FN6O3S.ClH/c28-23-16-21(10-11-25(23)34-38(35,36)18-19-6-2-1-3-7-19)37-26-22(9-5-14-30-26)24-12-15-31-27(33-24)32-20-8-4-13-29-17-20;/h1-3,5-7,9-12,14-16,20,29,34H,4,8,13,17-18H2,(H,31,32,33);1H/t20-;/m0./s1. The van der Waals surface area contributed by atoms with Crippen molar-refractivity contribution in [3.05, 3.63) is 90.5 Å². The number of nitrogens with zero attached hydrogens (tertiary/aromatic N) is 3. The van der Waals surface area contributed by atoms with Crippen LogP contribution in [-0.2, 0) is 15.8 Å². The maximum atomic E-state index is 14.9. The summed E-state index contributed by atoms with van der Waals surface area (Å²) in [4.78, 5) is 13.3. The van der Waals surface area contributed by atoms with Crippen LogP contribution in [0.1, 0.15) is 18.4 Å². The summed E-state index contributed by atoms with van der Waals surface area (Å²) in [6.07, 6.45) is 5.34. The zero-order chi connectivity index (χ0) is 26.4. The number of halogens is 2. The number of pyridine rings is 1. The molecule has 1 fully saturated rings. The predicted octanol–water partition coefficient (Wildman–Crippen LogP) is 5.00. The van der Waals surface area contributed by atoms with Gasteiger partial charge in [-0.3, -0.25) is 4.72 Å². The van der Waals surface area contributed by atoms with Crippen molar-refractivity contribution >= 4 is 34.1 Å². The molecule has 0 bridgehead atoms. The molecule has 0 amide bonds. The van der Waals surface area contributed by atoms with Crippen LogP contribution >= 0.6 is 12.4 Å². The predicted molar refractivity (Wildman–Crippen MR) is 151 cm³/mol. The van der Waals surface area contributed by atoms with Crippen LogP contribution in [0.4, 0.5) is 16.0 Å². The minimum Gasteiger partial charge on any atom is -0.438 e. The quantitative estimate of drug-likeness (QED) is 0.257. The van der Waals surface area contributed by atoms with E-state index in [1.165, 1.54) is 12.1 Å². The lowest BCUT2D eigenvalue weighted by atomic mass is 10.1. The Morgan fingerprint density at radius 1 is 1.03 bits per heavy atom. The Labute approximate surface area is 232 Å². The van der Waals surface area contributed by atoms with E-state index >= 15 is 0 Å². The Kier molecular flexibility index (Phi) is 9.28. The zero-order valence-corrected chi connectivity index (χ0v) is 22.5. The molecule has 9 nitrogen and oxygen atoms in total. The van der Waals surface area contributed by atoms with E-state index in [2.05, 4.69) is 30.3 Å². The lowest BCUT2D eigenvalue weighted by Crippen LogP contribution is -2.38. The van der Waals surface area contributed by atoms with Crippen molar-refractivity contribution in [3.8, 4) is 22.9 Å². The van der Waals surface area contributed by atoms with Crippen molar-refractivity contribution in [1.29, 1.82) is 0 Å². The van der Waals surface area contributed by atoms with Crippen LogP contribution in [0.5, 0.6) is 11.6 Å². The number of ether oxygens (including phenoxy) is 1. The number of sulfonamides is 1. The van der Waals surface area contributed by atoms with E-state index in [9.17, 15) is 12.8 Å². The molecule has 1 aliphatic heterocycles. The first-order chi connectivity index (χ1) is 18.4. The highest BCUT2D eigenvalue weighted by atomic mass is 35.5. The van der Waals surface area contributed by atoms with Crippen molar-refractivity contribution in [2.24, 2.45) is 0 Å². The fourth-order valence-electron chi connectivity index (χ4n) is 4.15. The molecule has 2 aromatic heterocycles. The lowest BCUT2D eigenvalue weighted by Gasteiger charge is -2.23. The van der Waals surface area contributed by atoms with Gasteiger partial charge >= 0.3 is 0 Å². The fourth-order valence-corrected chi connectivity index (χ4v) is 5.36. The van der Waals surface area contributed by atoms with Crippen molar-refractivity contribution in [1.82, 2.24) is 20.3 Å². The number of nitrogens with one attached hydrogen (secondary N) is 3. The maximum Gasteiger partial charge on any atom is 0.237 e. The molecule has 2 aromatic carbocycles. The summed E-state index contributed by atoms with van der Waals surface area (Å²) in [5.41, 5.74) is 1.63. The first-order valence-electron chi connectivity index (χ1n) is 12.2.